The predicted molar refractivity (Wildman–Crippen MR) is 42.7 cm³/mol. The summed E-state index contributed by atoms with van der Waals surface area (Å²) in [5.41, 5.74) is 0. The SMILES string of the molecule is COC(=O)[C@H](CCC(C)=O)[N+](=O)[O-]. The summed E-state index contributed by atoms with van der Waals surface area (Å²) < 4.78 is 4.21. The van der Waals surface area contributed by atoms with Crippen molar-refractivity contribution < 1.29 is 19.2 Å². The second-order valence-corrected chi connectivity index (χ2v) is 2.57. The first-order chi connectivity index (χ1) is 5.99. The summed E-state index contributed by atoms with van der Waals surface area (Å²) in [7, 11) is 1.08. The molecule has 0 heterocycles. The van der Waals surface area contributed by atoms with E-state index in [2.05, 4.69) is 4.74 Å². The van der Waals surface area contributed by atoms with Crippen molar-refractivity contribution in [2.45, 2.75) is 25.8 Å². The zero-order valence-corrected chi connectivity index (χ0v) is 7.48. The quantitative estimate of drug-likeness (QED) is 0.349. The number of rotatable bonds is 5. The number of hydrogen-bond donors (Lipinski definition) is 0. The molecule has 74 valence electrons. The molecule has 0 aromatic carbocycles. The van der Waals surface area contributed by atoms with Crippen molar-refractivity contribution in [3.63, 3.8) is 0 Å². The fourth-order valence-electron chi connectivity index (χ4n) is 0.785. The molecule has 13 heavy (non-hydrogen) atoms. The van der Waals surface area contributed by atoms with Gasteiger partial charge in [0.25, 0.3) is 0 Å². The molecule has 0 aliphatic heterocycles. The monoisotopic (exact) mass is 189 g/mol. The lowest BCUT2D eigenvalue weighted by atomic mass is 10.1. The Morgan fingerprint density at radius 3 is 2.38 bits per heavy atom. The van der Waals surface area contributed by atoms with Crippen LogP contribution in [0.2, 0.25) is 0 Å². The van der Waals surface area contributed by atoms with Gasteiger partial charge in [-0.25, -0.2) is 4.79 Å². The largest absolute Gasteiger partial charge is 0.464 e. The standard InChI is InChI=1S/C7H11NO5/c1-5(9)3-4-6(8(11)12)7(10)13-2/h6H,3-4H2,1-2H3/t6-/m0/s1. The van der Waals surface area contributed by atoms with E-state index < -0.39 is 16.9 Å². The number of hydrogen-bond acceptors (Lipinski definition) is 5. The molecule has 6 heteroatoms. The smallest absolute Gasteiger partial charge is 0.381 e. The van der Waals surface area contributed by atoms with Crippen LogP contribution in [-0.2, 0) is 14.3 Å². The van der Waals surface area contributed by atoms with Crippen molar-refractivity contribution in [2.75, 3.05) is 7.11 Å². The molecule has 0 aliphatic rings. The maximum absolute atomic E-state index is 10.8. The molecule has 0 aromatic rings. The lowest BCUT2D eigenvalue weighted by Gasteiger charge is -2.05. The highest BCUT2D eigenvalue weighted by molar-refractivity contribution is 5.78. The number of methoxy groups -OCH3 is 1. The van der Waals surface area contributed by atoms with Gasteiger partial charge in [0.05, 0.1) is 7.11 Å². The molecule has 0 rings (SSSR count). The number of esters is 1. The van der Waals surface area contributed by atoms with Crippen molar-refractivity contribution in [2.24, 2.45) is 0 Å². The topological polar surface area (TPSA) is 86.5 Å². The van der Waals surface area contributed by atoms with E-state index in [1.165, 1.54) is 6.92 Å². The third-order valence-corrected chi connectivity index (χ3v) is 1.50. The molecular weight excluding hydrogens is 178 g/mol. The van der Waals surface area contributed by atoms with E-state index in [9.17, 15) is 19.7 Å². The van der Waals surface area contributed by atoms with Crippen LogP contribution in [0.4, 0.5) is 0 Å². The van der Waals surface area contributed by atoms with E-state index in [1.54, 1.807) is 0 Å². The Kier molecular flexibility index (Phi) is 4.64. The summed E-state index contributed by atoms with van der Waals surface area (Å²) in [4.78, 5) is 30.9. The molecule has 0 saturated heterocycles. The number of Topliss-reactive ketones (excluding diaryl/α,β-unsaturated/α-hetero) is 1. The highest BCUT2D eigenvalue weighted by atomic mass is 16.6. The summed E-state index contributed by atoms with van der Waals surface area (Å²) in [6.07, 6.45) is -0.0875. The molecule has 0 aliphatic carbocycles. The van der Waals surface area contributed by atoms with Gasteiger partial charge in [0, 0.05) is 17.8 Å². The van der Waals surface area contributed by atoms with Crippen molar-refractivity contribution in [1.29, 1.82) is 0 Å². The summed E-state index contributed by atoms with van der Waals surface area (Å²) in [6, 6.07) is -1.42. The molecule has 6 nitrogen and oxygen atoms in total. The Bertz CT molecular complexity index is 225. The van der Waals surface area contributed by atoms with Crippen molar-refractivity contribution in [1.82, 2.24) is 0 Å². The van der Waals surface area contributed by atoms with Crippen molar-refractivity contribution in [3.05, 3.63) is 10.1 Å². The minimum Gasteiger partial charge on any atom is -0.464 e. The van der Waals surface area contributed by atoms with Gasteiger partial charge in [0.1, 0.15) is 5.78 Å². The summed E-state index contributed by atoms with van der Waals surface area (Å²) in [5, 5.41) is 10.3. The predicted octanol–water partition coefficient (Wildman–Crippen LogP) is 0.174. The van der Waals surface area contributed by atoms with Crippen LogP contribution in [-0.4, -0.2) is 29.8 Å². The first-order valence-electron chi connectivity index (χ1n) is 3.69. The number of ketones is 1. The molecule has 0 unspecified atom stereocenters. The minimum atomic E-state index is -1.42. The Morgan fingerprint density at radius 2 is 2.08 bits per heavy atom. The third-order valence-electron chi connectivity index (χ3n) is 1.50. The molecule has 0 saturated carbocycles. The van der Waals surface area contributed by atoms with E-state index in [4.69, 9.17) is 0 Å². The zero-order valence-electron chi connectivity index (χ0n) is 7.48. The Balaban J connectivity index is 4.18. The fraction of sp³-hybridized carbons (Fsp3) is 0.714. The molecule has 0 fully saturated rings. The molecular formula is C7H11NO5. The van der Waals surface area contributed by atoms with Crippen LogP contribution >= 0.6 is 0 Å². The van der Waals surface area contributed by atoms with Crippen LogP contribution in [0.3, 0.4) is 0 Å². The van der Waals surface area contributed by atoms with Gasteiger partial charge in [0.2, 0.25) is 0 Å². The second-order valence-electron chi connectivity index (χ2n) is 2.57. The van der Waals surface area contributed by atoms with Gasteiger partial charge in [-0.1, -0.05) is 0 Å². The summed E-state index contributed by atoms with van der Waals surface area (Å²) >= 11 is 0. The van der Waals surface area contributed by atoms with Crippen molar-refractivity contribution >= 4 is 11.8 Å². The van der Waals surface area contributed by atoms with Gasteiger partial charge in [-0.05, 0) is 6.92 Å². The van der Waals surface area contributed by atoms with Crippen molar-refractivity contribution in [3.8, 4) is 0 Å². The third kappa shape index (κ3) is 4.19. The zero-order chi connectivity index (χ0) is 10.4. The van der Waals surface area contributed by atoms with Crippen LogP contribution in [0, 0.1) is 10.1 Å². The second kappa shape index (κ2) is 5.23. The number of carbonyl (C=O) groups excluding carboxylic acids is 2. The molecule has 0 bridgehead atoms. The number of nitro groups is 1. The van der Waals surface area contributed by atoms with E-state index in [-0.39, 0.29) is 18.6 Å². The number of nitrogens with zero attached hydrogens (tertiary/aromatic N) is 1. The average Bonchev–Trinajstić information content (AvgIpc) is 2.03. The molecule has 0 amide bonds. The lowest BCUT2D eigenvalue weighted by Crippen LogP contribution is -2.31. The highest BCUT2D eigenvalue weighted by Gasteiger charge is 2.30. The van der Waals surface area contributed by atoms with Crippen LogP contribution in [0.5, 0.6) is 0 Å². The van der Waals surface area contributed by atoms with Gasteiger partial charge in [0.15, 0.2) is 0 Å². The maximum atomic E-state index is 10.8. The number of carbonyl (C=O) groups is 2. The Morgan fingerprint density at radius 1 is 1.54 bits per heavy atom. The van der Waals surface area contributed by atoms with Crippen LogP contribution in [0.1, 0.15) is 19.8 Å². The van der Waals surface area contributed by atoms with E-state index >= 15 is 0 Å². The lowest BCUT2D eigenvalue weighted by molar-refractivity contribution is -0.511. The Labute approximate surface area is 75.0 Å². The Hall–Kier alpha value is -1.46. The molecule has 0 radical (unpaired) electrons. The summed E-state index contributed by atoms with van der Waals surface area (Å²) in [5.74, 6) is -1.10. The highest BCUT2D eigenvalue weighted by Crippen LogP contribution is 2.03. The van der Waals surface area contributed by atoms with Gasteiger partial charge in [-0.3, -0.25) is 10.1 Å². The van der Waals surface area contributed by atoms with Gasteiger partial charge in [-0.2, -0.15) is 0 Å². The van der Waals surface area contributed by atoms with E-state index in [0.29, 0.717) is 0 Å². The van der Waals surface area contributed by atoms with Gasteiger partial charge < -0.3 is 9.53 Å². The molecule has 0 spiro atoms. The van der Waals surface area contributed by atoms with Gasteiger partial charge >= 0.3 is 12.0 Å². The molecule has 1 atom stereocenters. The van der Waals surface area contributed by atoms with Crippen LogP contribution in [0.15, 0.2) is 0 Å². The maximum Gasteiger partial charge on any atom is 0.381 e. The normalized spacial score (nSPS) is 11.8. The average molecular weight is 189 g/mol. The fourth-order valence-corrected chi connectivity index (χ4v) is 0.785. The van der Waals surface area contributed by atoms with E-state index in [1.807, 2.05) is 0 Å². The molecule has 0 N–H and O–H groups in total. The van der Waals surface area contributed by atoms with Crippen LogP contribution < -0.4 is 0 Å². The first kappa shape index (κ1) is 11.5. The van der Waals surface area contributed by atoms with E-state index in [0.717, 1.165) is 7.11 Å². The number of ether oxygens (including phenoxy) is 1. The minimum absolute atomic E-state index is 0.0146. The molecule has 0 aromatic heterocycles. The van der Waals surface area contributed by atoms with Gasteiger partial charge in [-0.15, -0.1) is 0 Å². The van der Waals surface area contributed by atoms with Crippen LogP contribution in [0.25, 0.3) is 0 Å². The summed E-state index contributed by atoms with van der Waals surface area (Å²) in [6.45, 7) is 1.31. The first-order valence-corrected chi connectivity index (χ1v) is 3.69.